The standard InChI is InChI=1S/C16H14BrN3O4/c1-24-12-5-3-11(4-6-12)19-15(22)16(23)20-18-9-10-2-7-14(21)13(17)8-10/h2-9,21H,1H3,(H,19,22)(H,20,23)/b18-9+. The van der Waals surface area contributed by atoms with Gasteiger partial charge in [-0.3, -0.25) is 9.59 Å². The lowest BCUT2D eigenvalue weighted by Gasteiger charge is -2.05. The summed E-state index contributed by atoms with van der Waals surface area (Å²) in [5.74, 6) is -1.01. The van der Waals surface area contributed by atoms with E-state index < -0.39 is 11.8 Å². The first-order valence-corrected chi connectivity index (χ1v) is 7.56. The Labute approximate surface area is 146 Å². The molecule has 0 unspecified atom stereocenters. The lowest BCUT2D eigenvalue weighted by atomic mass is 10.2. The van der Waals surface area contributed by atoms with Crippen molar-refractivity contribution in [3.8, 4) is 11.5 Å². The molecule has 0 fully saturated rings. The van der Waals surface area contributed by atoms with E-state index in [0.29, 0.717) is 21.5 Å². The highest BCUT2D eigenvalue weighted by Crippen LogP contribution is 2.23. The molecule has 0 aliphatic carbocycles. The van der Waals surface area contributed by atoms with Gasteiger partial charge in [0.2, 0.25) is 0 Å². The third kappa shape index (κ3) is 4.82. The van der Waals surface area contributed by atoms with E-state index in [1.165, 1.54) is 19.4 Å². The number of anilines is 1. The Balaban J connectivity index is 1.89. The van der Waals surface area contributed by atoms with Crippen molar-refractivity contribution in [3.05, 3.63) is 52.5 Å². The predicted octanol–water partition coefficient (Wildman–Crippen LogP) is 2.25. The first-order chi connectivity index (χ1) is 11.5. The summed E-state index contributed by atoms with van der Waals surface area (Å²) < 4.78 is 5.50. The number of nitrogens with one attached hydrogen (secondary N) is 2. The Morgan fingerprint density at radius 1 is 1.17 bits per heavy atom. The van der Waals surface area contributed by atoms with E-state index in [9.17, 15) is 14.7 Å². The van der Waals surface area contributed by atoms with Crippen LogP contribution >= 0.6 is 15.9 Å². The summed E-state index contributed by atoms with van der Waals surface area (Å²) in [4.78, 5) is 23.4. The van der Waals surface area contributed by atoms with E-state index in [2.05, 4.69) is 31.8 Å². The highest BCUT2D eigenvalue weighted by molar-refractivity contribution is 9.10. The molecule has 3 N–H and O–H groups in total. The van der Waals surface area contributed by atoms with Gasteiger partial charge in [0.05, 0.1) is 17.8 Å². The minimum Gasteiger partial charge on any atom is -0.507 e. The second kappa shape index (κ2) is 8.11. The van der Waals surface area contributed by atoms with Gasteiger partial charge in [-0.2, -0.15) is 5.10 Å². The zero-order valence-electron chi connectivity index (χ0n) is 12.6. The predicted molar refractivity (Wildman–Crippen MR) is 93.2 cm³/mol. The maximum Gasteiger partial charge on any atom is 0.329 e. The maximum atomic E-state index is 11.7. The molecule has 0 saturated heterocycles. The Bertz CT molecular complexity index is 775. The molecule has 0 radical (unpaired) electrons. The van der Waals surface area contributed by atoms with Crippen molar-refractivity contribution < 1.29 is 19.4 Å². The average molecular weight is 392 g/mol. The Kier molecular flexibility index (Phi) is 5.91. The van der Waals surface area contributed by atoms with Crippen LogP contribution in [-0.4, -0.2) is 30.2 Å². The molecular formula is C16H14BrN3O4. The molecule has 0 aliphatic heterocycles. The number of nitrogens with zero attached hydrogens (tertiary/aromatic N) is 1. The van der Waals surface area contributed by atoms with E-state index in [1.807, 2.05) is 0 Å². The number of carbonyl (C=O) groups is 2. The van der Waals surface area contributed by atoms with Gasteiger partial charge in [-0.1, -0.05) is 0 Å². The van der Waals surface area contributed by atoms with Crippen LogP contribution in [0.2, 0.25) is 0 Å². The minimum atomic E-state index is -0.903. The molecule has 2 aromatic rings. The smallest absolute Gasteiger partial charge is 0.329 e. The first kappa shape index (κ1) is 17.5. The zero-order chi connectivity index (χ0) is 17.5. The summed E-state index contributed by atoms with van der Waals surface area (Å²) in [5, 5.41) is 15.5. The number of phenolic OH excluding ortho intramolecular Hbond substituents is 1. The van der Waals surface area contributed by atoms with Crippen LogP contribution in [0.3, 0.4) is 0 Å². The number of amides is 2. The second-order valence-corrected chi connectivity index (χ2v) is 5.45. The number of rotatable bonds is 4. The molecule has 0 atom stereocenters. The van der Waals surface area contributed by atoms with Gasteiger partial charge in [-0.25, -0.2) is 5.43 Å². The van der Waals surface area contributed by atoms with Gasteiger partial charge >= 0.3 is 11.8 Å². The summed E-state index contributed by atoms with van der Waals surface area (Å²) >= 11 is 3.17. The van der Waals surface area contributed by atoms with E-state index in [0.717, 1.165) is 0 Å². The molecule has 24 heavy (non-hydrogen) atoms. The lowest BCUT2D eigenvalue weighted by Crippen LogP contribution is -2.32. The zero-order valence-corrected chi connectivity index (χ0v) is 14.2. The molecule has 0 aromatic heterocycles. The van der Waals surface area contributed by atoms with Gasteiger partial charge in [0.25, 0.3) is 0 Å². The Morgan fingerprint density at radius 3 is 2.50 bits per heavy atom. The van der Waals surface area contributed by atoms with Crippen LogP contribution in [0.4, 0.5) is 5.69 Å². The molecule has 0 bridgehead atoms. The fourth-order valence-electron chi connectivity index (χ4n) is 1.68. The van der Waals surface area contributed by atoms with Crippen molar-refractivity contribution in [2.45, 2.75) is 0 Å². The monoisotopic (exact) mass is 391 g/mol. The van der Waals surface area contributed by atoms with Crippen LogP contribution in [0.25, 0.3) is 0 Å². The number of phenols is 1. The van der Waals surface area contributed by atoms with Gasteiger partial charge in [0.1, 0.15) is 11.5 Å². The Morgan fingerprint density at radius 2 is 1.88 bits per heavy atom. The molecule has 0 aliphatic rings. The number of hydrogen-bond donors (Lipinski definition) is 3. The number of methoxy groups -OCH3 is 1. The topological polar surface area (TPSA) is 100 Å². The van der Waals surface area contributed by atoms with E-state index in [4.69, 9.17) is 4.74 Å². The number of hydrogen-bond acceptors (Lipinski definition) is 5. The molecule has 0 saturated carbocycles. The summed E-state index contributed by atoms with van der Waals surface area (Å²) in [6.45, 7) is 0. The van der Waals surface area contributed by atoms with Gasteiger partial charge in [-0.05, 0) is 64.0 Å². The van der Waals surface area contributed by atoms with E-state index >= 15 is 0 Å². The van der Waals surface area contributed by atoms with Crippen molar-refractivity contribution in [1.82, 2.24) is 5.43 Å². The maximum absolute atomic E-state index is 11.7. The molecule has 7 nitrogen and oxygen atoms in total. The van der Waals surface area contributed by atoms with Crippen LogP contribution in [0, 0.1) is 0 Å². The van der Waals surface area contributed by atoms with Gasteiger partial charge in [0, 0.05) is 5.69 Å². The fourth-order valence-corrected chi connectivity index (χ4v) is 2.08. The van der Waals surface area contributed by atoms with E-state index in [1.54, 1.807) is 36.4 Å². The number of benzene rings is 2. The van der Waals surface area contributed by atoms with Crippen LogP contribution in [0.1, 0.15) is 5.56 Å². The minimum absolute atomic E-state index is 0.0926. The van der Waals surface area contributed by atoms with E-state index in [-0.39, 0.29) is 5.75 Å². The summed E-state index contributed by atoms with van der Waals surface area (Å²) in [6, 6.07) is 11.2. The van der Waals surface area contributed by atoms with Crippen molar-refractivity contribution in [2.75, 3.05) is 12.4 Å². The molecule has 0 heterocycles. The van der Waals surface area contributed by atoms with Crippen LogP contribution in [0.5, 0.6) is 11.5 Å². The van der Waals surface area contributed by atoms with Crippen LogP contribution < -0.4 is 15.5 Å². The number of carbonyl (C=O) groups excluding carboxylic acids is 2. The summed E-state index contributed by atoms with van der Waals surface area (Å²) in [6.07, 6.45) is 1.35. The molecule has 0 spiro atoms. The first-order valence-electron chi connectivity index (χ1n) is 6.76. The largest absolute Gasteiger partial charge is 0.507 e. The quantitative estimate of drug-likeness (QED) is 0.422. The van der Waals surface area contributed by atoms with Crippen LogP contribution in [0.15, 0.2) is 52.0 Å². The number of halogens is 1. The molecule has 2 aromatic carbocycles. The molecule has 8 heteroatoms. The van der Waals surface area contributed by atoms with Crippen molar-refractivity contribution in [1.29, 1.82) is 0 Å². The number of aromatic hydroxyl groups is 1. The SMILES string of the molecule is COc1ccc(NC(=O)C(=O)N/N=C/c2ccc(O)c(Br)c2)cc1. The average Bonchev–Trinajstić information content (AvgIpc) is 2.58. The number of hydrazone groups is 1. The van der Waals surface area contributed by atoms with Gasteiger partial charge in [-0.15, -0.1) is 0 Å². The van der Waals surface area contributed by atoms with Crippen molar-refractivity contribution in [2.24, 2.45) is 5.10 Å². The molecule has 124 valence electrons. The summed E-state index contributed by atoms with van der Waals surface area (Å²) in [7, 11) is 1.53. The van der Waals surface area contributed by atoms with Crippen molar-refractivity contribution >= 4 is 39.6 Å². The second-order valence-electron chi connectivity index (χ2n) is 4.59. The molecule has 2 amide bonds. The molecular weight excluding hydrogens is 378 g/mol. The highest BCUT2D eigenvalue weighted by atomic mass is 79.9. The van der Waals surface area contributed by atoms with Crippen molar-refractivity contribution in [3.63, 3.8) is 0 Å². The normalized spacial score (nSPS) is 10.4. The highest BCUT2D eigenvalue weighted by Gasteiger charge is 2.12. The number of ether oxygens (including phenoxy) is 1. The Hall–Kier alpha value is -2.87. The lowest BCUT2D eigenvalue weighted by molar-refractivity contribution is -0.136. The van der Waals surface area contributed by atoms with Gasteiger partial charge in [0.15, 0.2) is 0 Å². The van der Waals surface area contributed by atoms with Gasteiger partial charge < -0.3 is 15.2 Å². The third-order valence-electron chi connectivity index (χ3n) is 2.91. The fraction of sp³-hybridized carbons (Fsp3) is 0.0625. The summed E-state index contributed by atoms with van der Waals surface area (Å²) in [5.41, 5.74) is 3.22. The van der Waals surface area contributed by atoms with Crippen LogP contribution in [-0.2, 0) is 9.59 Å². The third-order valence-corrected chi connectivity index (χ3v) is 3.54. The molecule has 2 rings (SSSR count).